The van der Waals surface area contributed by atoms with Crippen LogP contribution in [0.1, 0.15) is 18.2 Å². The first kappa shape index (κ1) is 26.0. The van der Waals surface area contributed by atoms with Crippen molar-refractivity contribution in [3.05, 3.63) is 96.7 Å². The number of aromatic nitrogens is 5. The van der Waals surface area contributed by atoms with Crippen molar-refractivity contribution in [1.82, 2.24) is 24.6 Å². The zero-order valence-corrected chi connectivity index (χ0v) is 22.0. The fourth-order valence-corrected chi connectivity index (χ4v) is 5.38. The zero-order chi connectivity index (χ0) is 27.2. The molecule has 0 amide bonds. The summed E-state index contributed by atoms with van der Waals surface area (Å²) < 4.78 is 31.6. The Kier molecular flexibility index (Phi) is 7.60. The third-order valence-corrected chi connectivity index (χ3v) is 7.29. The molecule has 4 aromatic heterocycles. The number of nitrogens with one attached hydrogen (secondary N) is 1. The van der Waals surface area contributed by atoms with E-state index in [1.54, 1.807) is 29.9 Å². The summed E-state index contributed by atoms with van der Waals surface area (Å²) >= 11 is 0. The van der Waals surface area contributed by atoms with Gasteiger partial charge in [0, 0.05) is 35.9 Å². The van der Waals surface area contributed by atoms with Crippen molar-refractivity contribution in [3.63, 3.8) is 0 Å². The molecule has 0 atom stereocenters. The molecule has 0 aliphatic rings. The minimum atomic E-state index is -3.74. The third-order valence-electron chi connectivity index (χ3n) is 5.84. The number of sulfone groups is 1. The number of hydrogen-bond acceptors (Lipinski definition) is 9. The van der Waals surface area contributed by atoms with E-state index in [2.05, 4.69) is 15.3 Å². The summed E-state index contributed by atoms with van der Waals surface area (Å²) in [5, 5.41) is 8.10. The standard InChI is InChI=1S/C28H26N6O4S/c1-2-38-25(35)19-39(36,37)18-20-14-22(16-29-15-20)27-32-28(31-17-23-10-6-7-12-30-23)26-24(11-13-34(26)33-27)21-8-4-3-5-9-21/h3-16H,2,17-19H2,1H3,(H,31,32,33). The van der Waals surface area contributed by atoms with Gasteiger partial charge in [-0.25, -0.2) is 17.9 Å². The summed E-state index contributed by atoms with van der Waals surface area (Å²) in [5.74, 6) is -0.878. The van der Waals surface area contributed by atoms with Crippen LogP contribution >= 0.6 is 0 Å². The molecule has 39 heavy (non-hydrogen) atoms. The predicted octanol–water partition coefficient (Wildman–Crippen LogP) is 3.94. The number of carbonyl (C=O) groups excluding carboxylic acids is 1. The van der Waals surface area contributed by atoms with E-state index in [-0.39, 0.29) is 12.4 Å². The van der Waals surface area contributed by atoms with E-state index in [1.807, 2.05) is 60.8 Å². The maximum absolute atomic E-state index is 12.5. The molecule has 0 spiro atoms. The largest absolute Gasteiger partial charge is 0.465 e. The minimum absolute atomic E-state index is 0.118. The van der Waals surface area contributed by atoms with Gasteiger partial charge in [-0.05, 0) is 42.3 Å². The van der Waals surface area contributed by atoms with Gasteiger partial charge in [-0.2, -0.15) is 0 Å². The molecule has 4 heterocycles. The van der Waals surface area contributed by atoms with E-state index in [1.165, 1.54) is 6.20 Å². The highest BCUT2D eigenvalue weighted by Gasteiger charge is 2.20. The van der Waals surface area contributed by atoms with Crippen molar-refractivity contribution in [2.75, 3.05) is 17.7 Å². The molecule has 0 saturated carbocycles. The van der Waals surface area contributed by atoms with Crippen LogP contribution in [0, 0.1) is 0 Å². The van der Waals surface area contributed by atoms with Gasteiger partial charge in [0.05, 0.1) is 24.6 Å². The van der Waals surface area contributed by atoms with Crippen LogP contribution in [0.4, 0.5) is 5.82 Å². The van der Waals surface area contributed by atoms with Crippen LogP contribution in [0.5, 0.6) is 0 Å². The smallest absolute Gasteiger partial charge is 0.321 e. The Morgan fingerprint density at radius 3 is 2.62 bits per heavy atom. The van der Waals surface area contributed by atoms with Crippen LogP contribution in [-0.2, 0) is 31.7 Å². The predicted molar refractivity (Wildman–Crippen MR) is 147 cm³/mol. The quantitative estimate of drug-likeness (QED) is 0.261. The molecule has 0 aliphatic heterocycles. The molecule has 198 valence electrons. The molecule has 10 nitrogen and oxygen atoms in total. The number of benzene rings is 1. The van der Waals surface area contributed by atoms with Crippen molar-refractivity contribution in [1.29, 1.82) is 0 Å². The Morgan fingerprint density at radius 2 is 1.85 bits per heavy atom. The molecule has 0 radical (unpaired) electrons. The van der Waals surface area contributed by atoms with Gasteiger partial charge < -0.3 is 10.1 Å². The molecule has 0 unspecified atom stereocenters. The lowest BCUT2D eigenvalue weighted by Crippen LogP contribution is -2.20. The Bertz CT molecular complexity index is 1710. The molecular weight excluding hydrogens is 516 g/mol. The maximum Gasteiger partial charge on any atom is 0.321 e. The number of hydrogen-bond donors (Lipinski definition) is 1. The third kappa shape index (κ3) is 6.27. The van der Waals surface area contributed by atoms with Crippen LogP contribution in [0.25, 0.3) is 28.0 Å². The maximum atomic E-state index is 12.5. The topological polar surface area (TPSA) is 128 Å². The average molecular weight is 543 g/mol. The highest BCUT2D eigenvalue weighted by Crippen LogP contribution is 2.31. The SMILES string of the molecule is CCOC(=O)CS(=O)(=O)Cc1cncc(-c2nc(NCc3ccccn3)c3c(-c4ccccc4)ccn3n2)c1. The summed E-state index contributed by atoms with van der Waals surface area (Å²) in [4.78, 5) is 25.1. The lowest BCUT2D eigenvalue weighted by molar-refractivity contribution is -0.139. The lowest BCUT2D eigenvalue weighted by Gasteiger charge is -2.12. The van der Waals surface area contributed by atoms with Crippen LogP contribution < -0.4 is 5.32 Å². The number of fused-ring (bicyclic) bond motifs is 1. The van der Waals surface area contributed by atoms with Crippen LogP contribution in [-0.4, -0.2) is 51.3 Å². The number of rotatable bonds is 10. The van der Waals surface area contributed by atoms with Crippen molar-refractivity contribution < 1.29 is 17.9 Å². The Labute approximate surface area is 225 Å². The monoisotopic (exact) mass is 542 g/mol. The van der Waals surface area contributed by atoms with Crippen LogP contribution in [0.2, 0.25) is 0 Å². The first-order valence-corrected chi connectivity index (χ1v) is 14.1. The summed E-state index contributed by atoms with van der Waals surface area (Å²) in [5.41, 5.74) is 4.58. The fraction of sp³-hybridized carbons (Fsp3) is 0.179. The van der Waals surface area contributed by atoms with Gasteiger partial charge >= 0.3 is 5.97 Å². The molecule has 1 aromatic carbocycles. The molecule has 0 saturated heterocycles. The Hall–Kier alpha value is -4.64. The van der Waals surface area contributed by atoms with E-state index in [0.717, 1.165) is 22.3 Å². The van der Waals surface area contributed by atoms with E-state index < -0.39 is 21.6 Å². The van der Waals surface area contributed by atoms with Crippen molar-refractivity contribution in [2.45, 2.75) is 19.2 Å². The summed E-state index contributed by atoms with van der Waals surface area (Å²) in [6.45, 7) is 2.19. The minimum Gasteiger partial charge on any atom is -0.465 e. The van der Waals surface area contributed by atoms with Crippen LogP contribution in [0.3, 0.4) is 0 Å². The average Bonchev–Trinajstić information content (AvgIpc) is 3.37. The summed E-state index contributed by atoms with van der Waals surface area (Å²) in [6, 6.07) is 19.3. The summed E-state index contributed by atoms with van der Waals surface area (Å²) in [7, 11) is -3.74. The molecule has 0 bridgehead atoms. The number of carbonyl (C=O) groups is 1. The first-order chi connectivity index (χ1) is 18.9. The molecule has 1 N–H and O–H groups in total. The Balaban J connectivity index is 1.52. The van der Waals surface area contributed by atoms with Crippen molar-refractivity contribution in [3.8, 4) is 22.5 Å². The molecule has 0 fully saturated rings. The lowest BCUT2D eigenvalue weighted by atomic mass is 10.1. The molecule has 11 heteroatoms. The van der Waals surface area contributed by atoms with E-state index in [0.29, 0.717) is 29.3 Å². The van der Waals surface area contributed by atoms with Gasteiger partial charge in [-0.1, -0.05) is 36.4 Å². The fourth-order valence-electron chi connectivity index (χ4n) is 4.17. The normalized spacial score (nSPS) is 11.4. The van der Waals surface area contributed by atoms with Gasteiger partial charge in [0.2, 0.25) is 0 Å². The second-order valence-electron chi connectivity index (χ2n) is 8.77. The van der Waals surface area contributed by atoms with E-state index in [4.69, 9.17) is 14.8 Å². The van der Waals surface area contributed by atoms with Gasteiger partial charge in [-0.15, -0.1) is 5.10 Å². The number of esters is 1. The van der Waals surface area contributed by atoms with Gasteiger partial charge in [0.15, 0.2) is 21.5 Å². The van der Waals surface area contributed by atoms with Gasteiger partial charge in [-0.3, -0.25) is 14.8 Å². The molecular formula is C28H26N6O4S. The van der Waals surface area contributed by atoms with E-state index in [9.17, 15) is 13.2 Å². The van der Waals surface area contributed by atoms with E-state index >= 15 is 0 Å². The highest BCUT2D eigenvalue weighted by atomic mass is 32.2. The molecule has 5 aromatic rings. The zero-order valence-electron chi connectivity index (χ0n) is 21.2. The number of ether oxygens (including phenoxy) is 1. The van der Waals surface area contributed by atoms with Crippen molar-refractivity contribution in [2.24, 2.45) is 0 Å². The molecule has 0 aliphatic carbocycles. The number of pyridine rings is 2. The highest BCUT2D eigenvalue weighted by molar-refractivity contribution is 7.91. The van der Waals surface area contributed by atoms with Crippen LogP contribution in [0.15, 0.2) is 85.5 Å². The Morgan fingerprint density at radius 1 is 1.03 bits per heavy atom. The second kappa shape index (κ2) is 11.4. The first-order valence-electron chi connectivity index (χ1n) is 12.3. The van der Waals surface area contributed by atoms with Gasteiger partial charge in [0.25, 0.3) is 0 Å². The van der Waals surface area contributed by atoms with Crippen molar-refractivity contribution >= 4 is 27.1 Å². The number of nitrogens with zero attached hydrogens (tertiary/aromatic N) is 5. The van der Waals surface area contributed by atoms with Gasteiger partial charge in [0.1, 0.15) is 11.3 Å². The summed E-state index contributed by atoms with van der Waals surface area (Å²) in [6.07, 6.45) is 6.62. The second-order valence-corrected chi connectivity index (χ2v) is 10.8. The number of anilines is 1. The molecule has 5 rings (SSSR count).